The van der Waals surface area contributed by atoms with Gasteiger partial charge in [-0.2, -0.15) is 0 Å². The molecule has 122 valence electrons. The first-order valence-electron chi connectivity index (χ1n) is 7.16. The Morgan fingerprint density at radius 2 is 1.95 bits per heavy atom. The van der Waals surface area contributed by atoms with Gasteiger partial charge in [0.25, 0.3) is 0 Å². The second-order valence-electron chi connectivity index (χ2n) is 5.47. The van der Waals surface area contributed by atoms with Gasteiger partial charge in [0.1, 0.15) is 0 Å². The second kappa shape index (κ2) is 6.95. The van der Waals surface area contributed by atoms with Gasteiger partial charge in [0.15, 0.2) is 0 Å². The number of hydrogen-bond acceptors (Lipinski definition) is 4. The van der Waals surface area contributed by atoms with Crippen molar-refractivity contribution in [2.75, 3.05) is 13.1 Å². The Hall–Kier alpha value is -1.15. The molecule has 1 amide bonds. The molecule has 2 rings (SSSR count). The van der Waals surface area contributed by atoms with Crippen molar-refractivity contribution < 1.29 is 13.2 Å². The molecule has 0 atom stereocenters. The van der Waals surface area contributed by atoms with Gasteiger partial charge in [-0.05, 0) is 31.0 Å². The van der Waals surface area contributed by atoms with Crippen LogP contribution in [0, 0.1) is 0 Å². The predicted molar refractivity (Wildman–Crippen MR) is 85.0 cm³/mol. The molecule has 22 heavy (non-hydrogen) atoms. The highest BCUT2D eigenvalue weighted by atomic mass is 35.5. The molecule has 0 aromatic heterocycles. The van der Waals surface area contributed by atoms with Gasteiger partial charge in [-0.3, -0.25) is 4.79 Å². The summed E-state index contributed by atoms with van der Waals surface area (Å²) in [7, 11) is -3.63. The van der Waals surface area contributed by atoms with Crippen LogP contribution < -0.4 is 15.8 Å². The summed E-state index contributed by atoms with van der Waals surface area (Å²) in [5.41, 5.74) is 5.21. The molecule has 0 unspecified atom stereocenters. The van der Waals surface area contributed by atoms with Crippen LogP contribution in [0.1, 0.15) is 25.7 Å². The molecule has 1 aliphatic carbocycles. The van der Waals surface area contributed by atoms with Crippen LogP contribution >= 0.6 is 11.6 Å². The largest absolute Gasteiger partial charge is 0.353 e. The normalized spacial score (nSPS) is 17.4. The molecular weight excluding hydrogens is 326 g/mol. The van der Waals surface area contributed by atoms with Gasteiger partial charge >= 0.3 is 0 Å². The molecule has 1 saturated carbocycles. The number of carbonyl (C=O) groups is 1. The fourth-order valence-electron chi connectivity index (χ4n) is 2.49. The average molecular weight is 346 g/mol. The Labute approximate surface area is 135 Å². The van der Waals surface area contributed by atoms with E-state index in [-0.39, 0.29) is 23.9 Å². The lowest BCUT2D eigenvalue weighted by atomic mass is 9.98. The summed E-state index contributed by atoms with van der Waals surface area (Å²) in [5.74, 6) is -0.216. The van der Waals surface area contributed by atoms with Gasteiger partial charge in [-0.25, -0.2) is 13.1 Å². The van der Waals surface area contributed by atoms with Crippen molar-refractivity contribution in [3.8, 4) is 0 Å². The Morgan fingerprint density at radius 1 is 1.27 bits per heavy atom. The number of benzene rings is 1. The quantitative estimate of drug-likeness (QED) is 0.669. The van der Waals surface area contributed by atoms with Crippen molar-refractivity contribution in [1.82, 2.24) is 10.0 Å². The van der Waals surface area contributed by atoms with E-state index in [1.165, 1.54) is 12.1 Å². The topological polar surface area (TPSA) is 101 Å². The van der Waals surface area contributed by atoms with Crippen molar-refractivity contribution in [2.24, 2.45) is 5.73 Å². The van der Waals surface area contributed by atoms with E-state index >= 15 is 0 Å². The third kappa shape index (κ3) is 4.19. The van der Waals surface area contributed by atoms with Crippen molar-refractivity contribution in [3.05, 3.63) is 29.3 Å². The minimum atomic E-state index is -3.63. The first kappa shape index (κ1) is 17.2. The monoisotopic (exact) mass is 345 g/mol. The summed E-state index contributed by atoms with van der Waals surface area (Å²) in [5, 5.41) is 3.03. The number of halogens is 1. The van der Waals surface area contributed by atoms with Crippen LogP contribution in [0.4, 0.5) is 0 Å². The maximum atomic E-state index is 12.0. The van der Waals surface area contributed by atoms with Crippen LogP contribution in [-0.4, -0.2) is 33.0 Å². The van der Waals surface area contributed by atoms with E-state index in [0.29, 0.717) is 17.9 Å². The summed E-state index contributed by atoms with van der Waals surface area (Å²) in [6.45, 7) is 0.286. The molecule has 0 radical (unpaired) electrons. The summed E-state index contributed by atoms with van der Waals surface area (Å²) in [6.07, 6.45) is 3.25. The fraction of sp³-hybridized carbons (Fsp3) is 0.500. The zero-order chi connectivity index (χ0) is 16.2. The predicted octanol–water partition coefficient (Wildman–Crippen LogP) is 1.01. The van der Waals surface area contributed by atoms with Gasteiger partial charge in [0.2, 0.25) is 15.9 Å². The molecular formula is C14H20ClN3O3S. The SMILES string of the molecule is NC1(C(=O)NCCNS(=O)(=O)c2cccc(Cl)c2)CCCC1. The zero-order valence-electron chi connectivity index (χ0n) is 12.1. The molecule has 0 saturated heterocycles. The van der Waals surface area contributed by atoms with Gasteiger partial charge < -0.3 is 11.1 Å². The van der Waals surface area contributed by atoms with Crippen molar-refractivity contribution >= 4 is 27.5 Å². The van der Waals surface area contributed by atoms with E-state index in [1.807, 2.05) is 0 Å². The highest BCUT2D eigenvalue weighted by Gasteiger charge is 2.36. The first-order chi connectivity index (χ1) is 10.3. The van der Waals surface area contributed by atoms with Crippen LogP contribution in [0.3, 0.4) is 0 Å². The molecule has 0 aliphatic heterocycles. The molecule has 1 aromatic rings. The smallest absolute Gasteiger partial charge is 0.240 e. The van der Waals surface area contributed by atoms with E-state index in [4.69, 9.17) is 17.3 Å². The minimum Gasteiger partial charge on any atom is -0.353 e. The molecule has 8 heteroatoms. The van der Waals surface area contributed by atoms with E-state index in [2.05, 4.69) is 10.0 Å². The zero-order valence-corrected chi connectivity index (χ0v) is 13.7. The molecule has 1 fully saturated rings. The third-order valence-electron chi connectivity index (χ3n) is 3.76. The van der Waals surface area contributed by atoms with E-state index in [1.54, 1.807) is 12.1 Å². The number of hydrogen-bond donors (Lipinski definition) is 3. The summed E-state index contributed by atoms with van der Waals surface area (Å²) < 4.78 is 26.5. The lowest BCUT2D eigenvalue weighted by molar-refractivity contribution is -0.126. The second-order valence-corrected chi connectivity index (χ2v) is 7.68. The molecule has 0 spiro atoms. The fourth-order valence-corrected chi connectivity index (χ4v) is 3.82. The van der Waals surface area contributed by atoms with Gasteiger partial charge in [0.05, 0.1) is 10.4 Å². The van der Waals surface area contributed by atoms with Crippen LogP contribution in [-0.2, 0) is 14.8 Å². The van der Waals surface area contributed by atoms with Crippen molar-refractivity contribution in [1.29, 1.82) is 0 Å². The molecule has 1 aromatic carbocycles. The van der Waals surface area contributed by atoms with Crippen LogP contribution in [0.2, 0.25) is 5.02 Å². The molecule has 0 bridgehead atoms. The Balaban J connectivity index is 1.82. The third-order valence-corrected chi connectivity index (χ3v) is 5.45. The first-order valence-corrected chi connectivity index (χ1v) is 9.02. The molecule has 6 nitrogen and oxygen atoms in total. The van der Waals surface area contributed by atoms with Crippen molar-refractivity contribution in [2.45, 2.75) is 36.1 Å². The number of rotatable bonds is 6. The van der Waals surface area contributed by atoms with E-state index in [0.717, 1.165) is 12.8 Å². The Bertz CT molecular complexity index is 642. The van der Waals surface area contributed by atoms with Gasteiger partial charge in [0, 0.05) is 18.1 Å². The standard InChI is InChI=1S/C14H20ClN3O3S/c15-11-4-3-5-12(10-11)22(20,21)18-9-8-17-13(19)14(16)6-1-2-7-14/h3-5,10,18H,1-2,6-9,16H2,(H,17,19). The van der Waals surface area contributed by atoms with Crippen LogP contribution in [0.5, 0.6) is 0 Å². The number of carbonyl (C=O) groups excluding carboxylic acids is 1. The summed E-state index contributed by atoms with van der Waals surface area (Å²) >= 11 is 5.78. The Morgan fingerprint density at radius 3 is 2.59 bits per heavy atom. The van der Waals surface area contributed by atoms with Crippen LogP contribution in [0.15, 0.2) is 29.2 Å². The Kier molecular flexibility index (Phi) is 5.44. The molecule has 4 N–H and O–H groups in total. The van der Waals surface area contributed by atoms with Gasteiger partial charge in [-0.1, -0.05) is 30.5 Å². The molecule has 0 heterocycles. The maximum absolute atomic E-state index is 12.0. The number of nitrogens with two attached hydrogens (primary N) is 1. The number of sulfonamides is 1. The maximum Gasteiger partial charge on any atom is 0.240 e. The highest BCUT2D eigenvalue weighted by molar-refractivity contribution is 7.89. The van der Waals surface area contributed by atoms with E-state index < -0.39 is 15.6 Å². The minimum absolute atomic E-state index is 0.0939. The number of amides is 1. The number of nitrogens with one attached hydrogen (secondary N) is 2. The lowest BCUT2D eigenvalue weighted by Gasteiger charge is -2.22. The lowest BCUT2D eigenvalue weighted by Crippen LogP contribution is -2.53. The van der Waals surface area contributed by atoms with Crippen LogP contribution in [0.25, 0.3) is 0 Å². The average Bonchev–Trinajstić information content (AvgIpc) is 2.91. The summed E-state index contributed by atoms with van der Waals surface area (Å²) in [6, 6.07) is 6.00. The van der Waals surface area contributed by atoms with E-state index in [9.17, 15) is 13.2 Å². The van der Waals surface area contributed by atoms with Crippen molar-refractivity contribution in [3.63, 3.8) is 0 Å². The van der Waals surface area contributed by atoms with Gasteiger partial charge in [-0.15, -0.1) is 0 Å². The summed E-state index contributed by atoms with van der Waals surface area (Å²) in [4.78, 5) is 12.1. The molecule has 1 aliphatic rings. The highest BCUT2D eigenvalue weighted by Crippen LogP contribution is 2.27.